The van der Waals surface area contributed by atoms with Crippen LogP contribution in [0.15, 0.2) is 0 Å². The quantitative estimate of drug-likeness (QED) is 0.631. The summed E-state index contributed by atoms with van der Waals surface area (Å²) >= 11 is 0. The highest BCUT2D eigenvalue weighted by Gasteiger charge is 2.28. The van der Waals surface area contributed by atoms with Crippen LogP contribution in [-0.4, -0.2) is 35.9 Å². The largest absolute Gasteiger partial charge is 0.390 e. The van der Waals surface area contributed by atoms with Crippen LogP contribution in [0.25, 0.3) is 0 Å². The van der Waals surface area contributed by atoms with E-state index in [0.717, 1.165) is 32.4 Å². The Morgan fingerprint density at radius 3 is 2.43 bits per heavy atom. The molecule has 1 fully saturated rings. The Kier molecular flexibility index (Phi) is 4.35. The van der Waals surface area contributed by atoms with Crippen molar-refractivity contribution in [1.29, 1.82) is 0 Å². The van der Waals surface area contributed by atoms with Crippen LogP contribution < -0.4 is 10.6 Å². The molecule has 0 amide bonds. The minimum atomic E-state index is -0.476. The molecule has 14 heavy (non-hydrogen) atoms. The molecule has 3 nitrogen and oxygen atoms in total. The monoisotopic (exact) mass is 200 g/mol. The molecule has 84 valence electrons. The molecule has 1 heterocycles. The average molecular weight is 200 g/mol. The van der Waals surface area contributed by atoms with E-state index in [0.29, 0.717) is 12.1 Å². The first-order chi connectivity index (χ1) is 6.59. The van der Waals surface area contributed by atoms with E-state index in [1.165, 1.54) is 0 Å². The van der Waals surface area contributed by atoms with E-state index in [1.807, 2.05) is 0 Å². The van der Waals surface area contributed by atoms with Gasteiger partial charge in [0.25, 0.3) is 0 Å². The predicted molar refractivity (Wildman–Crippen MR) is 59.4 cm³/mol. The molecule has 0 radical (unpaired) electrons. The highest BCUT2D eigenvalue weighted by molar-refractivity contribution is 4.88. The van der Waals surface area contributed by atoms with Crippen LogP contribution >= 0.6 is 0 Å². The SMILES string of the molecule is CCC(O)(CC)CC1CNCC(C)N1. The summed E-state index contributed by atoms with van der Waals surface area (Å²) in [7, 11) is 0. The fourth-order valence-corrected chi connectivity index (χ4v) is 2.12. The first kappa shape index (κ1) is 12.0. The lowest BCUT2D eigenvalue weighted by atomic mass is 9.88. The summed E-state index contributed by atoms with van der Waals surface area (Å²) in [5.41, 5.74) is -0.476. The normalized spacial score (nSPS) is 29.1. The smallest absolute Gasteiger partial charge is 0.0657 e. The van der Waals surface area contributed by atoms with Gasteiger partial charge in [-0.3, -0.25) is 0 Å². The first-order valence-electron chi connectivity index (χ1n) is 5.79. The summed E-state index contributed by atoms with van der Waals surface area (Å²) < 4.78 is 0. The molecule has 2 atom stereocenters. The van der Waals surface area contributed by atoms with Gasteiger partial charge in [-0.15, -0.1) is 0 Å². The number of rotatable bonds is 4. The molecule has 3 N–H and O–H groups in total. The van der Waals surface area contributed by atoms with E-state index in [4.69, 9.17) is 0 Å². The van der Waals surface area contributed by atoms with E-state index in [1.54, 1.807) is 0 Å². The summed E-state index contributed by atoms with van der Waals surface area (Å²) in [5.74, 6) is 0. The molecule has 3 heteroatoms. The van der Waals surface area contributed by atoms with Crippen molar-refractivity contribution >= 4 is 0 Å². The second kappa shape index (κ2) is 5.10. The summed E-state index contributed by atoms with van der Waals surface area (Å²) in [6.07, 6.45) is 2.55. The van der Waals surface area contributed by atoms with Crippen molar-refractivity contribution in [2.45, 2.75) is 57.7 Å². The fourth-order valence-electron chi connectivity index (χ4n) is 2.12. The number of piperazine rings is 1. The minimum absolute atomic E-state index is 0.420. The van der Waals surface area contributed by atoms with Crippen LogP contribution in [0.5, 0.6) is 0 Å². The van der Waals surface area contributed by atoms with Crippen LogP contribution in [0.2, 0.25) is 0 Å². The second-order valence-corrected chi connectivity index (χ2v) is 4.56. The fraction of sp³-hybridized carbons (Fsp3) is 1.00. The van der Waals surface area contributed by atoms with Crippen molar-refractivity contribution in [2.75, 3.05) is 13.1 Å². The third kappa shape index (κ3) is 3.23. The molecule has 0 saturated carbocycles. The zero-order valence-corrected chi connectivity index (χ0v) is 9.64. The Labute approximate surface area is 87.3 Å². The van der Waals surface area contributed by atoms with Gasteiger partial charge in [-0.25, -0.2) is 0 Å². The lowest BCUT2D eigenvalue weighted by Crippen LogP contribution is -2.55. The molecular formula is C11H24N2O. The van der Waals surface area contributed by atoms with Gasteiger partial charge in [0.15, 0.2) is 0 Å². The summed E-state index contributed by atoms with van der Waals surface area (Å²) in [6.45, 7) is 8.31. The van der Waals surface area contributed by atoms with E-state index in [9.17, 15) is 5.11 Å². The Hall–Kier alpha value is -0.120. The van der Waals surface area contributed by atoms with Gasteiger partial charge in [0, 0.05) is 25.2 Å². The van der Waals surface area contributed by atoms with E-state index in [2.05, 4.69) is 31.4 Å². The van der Waals surface area contributed by atoms with Crippen molar-refractivity contribution in [3.8, 4) is 0 Å². The van der Waals surface area contributed by atoms with Crippen molar-refractivity contribution < 1.29 is 5.11 Å². The van der Waals surface area contributed by atoms with Crippen molar-refractivity contribution in [1.82, 2.24) is 10.6 Å². The number of hydrogen-bond acceptors (Lipinski definition) is 3. The Morgan fingerprint density at radius 1 is 1.29 bits per heavy atom. The Morgan fingerprint density at radius 2 is 1.93 bits per heavy atom. The van der Waals surface area contributed by atoms with Gasteiger partial charge in [0.05, 0.1) is 5.60 Å². The zero-order valence-electron chi connectivity index (χ0n) is 9.64. The zero-order chi connectivity index (χ0) is 10.6. The van der Waals surface area contributed by atoms with Gasteiger partial charge in [-0.05, 0) is 26.2 Å². The van der Waals surface area contributed by atoms with Gasteiger partial charge >= 0.3 is 0 Å². The maximum Gasteiger partial charge on any atom is 0.0657 e. The van der Waals surface area contributed by atoms with E-state index < -0.39 is 5.60 Å². The Bertz CT molecular complexity index is 169. The summed E-state index contributed by atoms with van der Waals surface area (Å²) in [6, 6.07) is 0.940. The molecule has 2 unspecified atom stereocenters. The molecule has 1 rings (SSSR count). The lowest BCUT2D eigenvalue weighted by Gasteiger charge is -2.35. The highest BCUT2D eigenvalue weighted by Crippen LogP contribution is 2.21. The molecule has 1 aliphatic heterocycles. The van der Waals surface area contributed by atoms with E-state index >= 15 is 0 Å². The predicted octanol–water partition coefficient (Wildman–Crippen LogP) is 0.877. The maximum atomic E-state index is 10.2. The van der Waals surface area contributed by atoms with Crippen molar-refractivity contribution in [3.63, 3.8) is 0 Å². The highest BCUT2D eigenvalue weighted by atomic mass is 16.3. The Balaban J connectivity index is 2.41. The average Bonchev–Trinajstić information content (AvgIpc) is 2.18. The summed E-state index contributed by atoms with van der Waals surface area (Å²) in [5, 5.41) is 17.1. The van der Waals surface area contributed by atoms with Crippen LogP contribution in [-0.2, 0) is 0 Å². The second-order valence-electron chi connectivity index (χ2n) is 4.56. The molecule has 0 aromatic heterocycles. The molecule has 0 spiro atoms. The maximum absolute atomic E-state index is 10.2. The van der Waals surface area contributed by atoms with Crippen molar-refractivity contribution in [3.05, 3.63) is 0 Å². The standard InChI is InChI=1S/C11H24N2O/c1-4-11(14,5-2)6-10-8-12-7-9(3)13-10/h9-10,12-14H,4-8H2,1-3H3. The van der Waals surface area contributed by atoms with E-state index in [-0.39, 0.29) is 0 Å². The molecule has 1 aliphatic rings. The molecule has 0 aromatic carbocycles. The molecule has 0 aliphatic carbocycles. The molecule has 0 bridgehead atoms. The number of aliphatic hydroxyl groups is 1. The summed E-state index contributed by atoms with van der Waals surface area (Å²) in [4.78, 5) is 0. The first-order valence-corrected chi connectivity index (χ1v) is 5.79. The molecular weight excluding hydrogens is 176 g/mol. The minimum Gasteiger partial charge on any atom is -0.390 e. The van der Waals surface area contributed by atoms with Crippen LogP contribution in [0.1, 0.15) is 40.0 Å². The topological polar surface area (TPSA) is 44.3 Å². The number of hydrogen-bond donors (Lipinski definition) is 3. The van der Waals surface area contributed by atoms with Gasteiger partial charge < -0.3 is 15.7 Å². The van der Waals surface area contributed by atoms with Crippen LogP contribution in [0.4, 0.5) is 0 Å². The van der Waals surface area contributed by atoms with Gasteiger partial charge in [0.2, 0.25) is 0 Å². The molecule has 0 aromatic rings. The van der Waals surface area contributed by atoms with Gasteiger partial charge in [-0.1, -0.05) is 13.8 Å². The molecule has 1 saturated heterocycles. The third-order valence-electron chi connectivity index (χ3n) is 3.30. The van der Waals surface area contributed by atoms with Gasteiger partial charge in [-0.2, -0.15) is 0 Å². The van der Waals surface area contributed by atoms with Gasteiger partial charge in [0.1, 0.15) is 0 Å². The van der Waals surface area contributed by atoms with Crippen LogP contribution in [0, 0.1) is 0 Å². The van der Waals surface area contributed by atoms with Crippen molar-refractivity contribution in [2.24, 2.45) is 0 Å². The third-order valence-corrected chi connectivity index (χ3v) is 3.30. The lowest BCUT2D eigenvalue weighted by molar-refractivity contribution is 0.0109. The number of nitrogens with one attached hydrogen (secondary N) is 2. The van der Waals surface area contributed by atoms with Crippen LogP contribution in [0.3, 0.4) is 0 Å².